The molecule has 0 bridgehead atoms. The number of hydrogen-bond acceptors (Lipinski definition) is 4. The van der Waals surface area contributed by atoms with Gasteiger partial charge in [0.05, 0.1) is 4.90 Å². The number of nitrogens with one attached hydrogen (secondary N) is 1. The third kappa shape index (κ3) is 4.74. The average molecular weight is 386 g/mol. The van der Waals surface area contributed by atoms with Crippen LogP contribution in [0.15, 0.2) is 53.4 Å². The summed E-state index contributed by atoms with van der Waals surface area (Å²) in [5.74, 6) is -0.349. The van der Waals surface area contributed by atoms with Crippen LogP contribution in [-0.4, -0.2) is 44.5 Å². The van der Waals surface area contributed by atoms with Crippen molar-refractivity contribution in [2.24, 2.45) is 0 Å². The van der Waals surface area contributed by atoms with Gasteiger partial charge in [-0.05, 0) is 48.7 Å². The van der Waals surface area contributed by atoms with Crippen molar-refractivity contribution in [3.63, 3.8) is 0 Å². The zero-order valence-corrected chi connectivity index (χ0v) is 16.0. The van der Waals surface area contributed by atoms with Crippen molar-refractivity contribution < 1.29 is 18.0 Å². The molecule has 0 aliphatic carbocycles. The minimum Gasteiger partial charge on any atom is -0.348 e. The summed E-state index contributed by atoms with van der Waals surface area (Å²) in [7, 11) is -3.37. The molecule has 1 aliphatic heterocycles. The zero-order valence-electron chi connectivity index (χ0n) is 15.1. The number of amides is 2. The van der Waals surface area contributed by atoms with E-state index < -0.39 is 9.84 Å². The highest BCUT2D eigenvalue weighted by molar-refractivity contribution is 7.90. The van der Waals surface area contributed by atoms with Gasteiger partial charge in [-0.15, -0.1) is 0 Å². The Hall–Kier alpha value is -2.67. The van der Waals surface area contributed by atoms with Crippen LogP contribution in [-0.2, 0) is 16.4 Å². The van der Waals surface area contributed by atoms with Gasteiger partial charge in [-0.3, -0.25) is 9.59 Å². The quantitative estimate of drug-likeness (QED) is 0.854. The Kier molecular flexibility index (Phi) is 5.60. The summed E-state index contributed by atoms with van der Waals surface area (Å²) in [6, 6.07) is 13.1. The second kappa shape index (κ2) is 7.92. The molecule has 2 amide bonds. The third-order valence-electron chi connectivity index (χ3n) is 4.54. The first-order valence-corrected chi connectivity index (χ1v) is 10.7. The molecule has 27 heavy (non-hydrogen) atoms. The van der Waals surface area contributed by atoms with Crippen LogP contribution in [0.1, 0.15) is 39.1 Å². The van der Waals surface area contributed by atoms with Crippen LogP contribution in [0.2, 0.25) is 0 Å². The van der Waals surface area contributed by atoms with E-state index in [1.807, 2.05) is 11.0 Å². The standard InChI is InChI=1S/C20H22N2O4S/c1-27(25,26)18-9-5-7-16(13-18)19(23)21-14-15-6-4-8-17(12-15)20(24)22-10-2-3-11-22/h4-9,12-13H,2-3,10-11,14H2,1H3,(H,21,23). The van der Waals surface area contributed by atoms with E-state index in [0.717, 1.165) is 37.8 Å². The molecule has 7 heteroatoms. The molecule has 0 saturated carbocycles. The lowest BCUT2D eigenvalue weighted by molar-refractivity contribution is 0.0792. The molecule has 2 aromatic rings. The monoisotopic (exact) mass is 386 g/mol. The fourth-order valence-corrected chi connectivity index (χ4v) is 3.74. The maximum absolute atomic E-state index is 12.5. The van der Waals surface area contributed by atoms with Crippen molar-refractivity contribution in [2.75, 3.05) is 19.3 Å². The number of benzene rings is 2. The topological polar surface area (TPSA) is 83.5 Å². The first kappa shape index (κ1) is 19.1. The van der Waals surface area contributed by atoms with Gasteiger partial charge in [0, 0.05) is 37.0 Å². The molecule has 0 atom stereocenters. The van der Waals surface area contributed by atoms with E-state index in [0.29, 0.717) is 5.56 Å². The SMILES string of the molecule is CS(=O)(=O)c1cccc(C(=O)NCc2cccc(C(=O)N3CCCC3)c2)c1. The van der Waals surface area contributed by atoms with Gasteiger partial charge in [-0.25, -0.2) is 8.42 Å². The Bertz CT molecular complexity index is 963. The molecule has 1 fully saturated rings. The number of nitrogens with zero attached hydrogens (tertiary/aromatic N) is 1. The highest BCUT2D eigenvalue weighted by atomic mass is 32.2. The van der Waals surface area contributed by atoms with Crippen LogP contribution in [0.25, 0.3) is 0 Å². The molecule has 1 saturated heterocycles. The molecule has 0 radical (unpaired) electrons. The lowest BCUT2D eigenvalue weighted by Gasteiger charge is -2.15. The largest absolute Gasteiger partial charge is 0.348 e. The minimum absolute atomic E-state index is 0.0153. The number of carbonyl (C=O) groups excluding carboxylic acids is 2. The first-order chi connectivity index (χ1) is 12.8. The molecule has 0 unspecified atom stereocenters. The molecule has 6 nitrogen and oxygen atoms in total. The Labute approximate surface area is 159 Å². The van der Waals surface area contributed by atoms with E-state index in [1.54, 1.807) is 30.3 Å². The molecule has 0 aromatic heterocycles. The van der Waals surface area contributed by atoms with Crippen molar-refractivity contribution >= 4 is 21.7 Å². The molecule has 1 heterocycles. The summed E-state index contributed by atoms with van der Waals surface area (Å²) < 4.78 is 23.3. The average Bonchev–Trinajstić information content (AvgIpc) is 3.20. The smallest absolute Gasteiger partial charge is 0.253 e. The second-order valence-corrected chi connectivity index (χ2v) is 8.70. The van der Waals surface area contributed by atoms with E-state index in [2.05, 4.69) is 5.32 Å². The van der Waals surface area contributed by atoms with Crippen molar-refractivity contribution in [2.45, 2.75) is 24.3 Å². The van der Waals surface area contributed by atoms with Crippen LogP contribution in [0.5, 0.6) is 0 Å². The Morgan fingerprint density at radius 1 is 1.00 bits per heavy atom. The predicted molar refractivity (Wildman–Crippen MR) is 102 cm³/mol. The fourth-order valence-electron chi connectivity index (χ4n) is 3.07. The molecule has 0 spiro atoms. The van der Waals surface area contributed by atoms with Gasteiger partial charge in [0.15, 0.2) is 9.84 Å². The summed E-state index contributed by atoms with van der Waals surface area (Å²) in [6.07, 6.45) is 3.18. The highest BCUT2D eigenvalue weighted by Gasteiger charge is 2.19. The van der Waals surface area contributed by atoms with Crippen LogP contribution >= 0.6 is 0 Å². The highest BCUT2D eigenvalue weighted by Crippen LogP contribution is 2.15. The van der Waals surface area contributed by atoms with Crippen molar-refractivity contribution in [3.8, 4) is 0 Å². The van der Waals surface area contributed by atoms with Crippen molar-refractivity contribution in [1.82, 2.24) is 10.2 Å². The van der Waals surface area contributed by atoms with E-state index in [4.69, 9.17) is 0 Å². The first-order valence-electron chi connectivity index (χ1n) is 8.81. The Balaban J connectivity index is 1.67. The van der Waals surface area contributed by atoms with Gasteiger partial charge in [0.2, 0.25) is 0 Å². The molecule has 142 valence electrons. The lowest BCUT2D eigenvalue weighted by Crippen LogP contribution is -2.28. The zero-order chi connectivity index (χ0) is 19.4. The van der Waals surface area contributed by atoms with Gasteiger partial charge in [0.25, 0.3) is 11.8 Å². The Morgan fingerprint density at radius 3 is 2.37 bits per heavy atom. The van der Waals surface area contributed by atoms with Crippen molar-refractivity contribution in [1.29, 1.82) is 0 Å². The lowest BCUT2D eigenvalue weighted by atomic mass is 10.1. The van der Waals surface area contributed by atoms with Gasteiger partial charge in [0.1, 0.15) is 0 Å². The van der Waals surface area contributed by atoms with Crippen molar-refractivity contribution in [3.05, 3.63) is 65.2 Å². The molecule has 2 aromatic carbocycles. The summed E-state index contributed by atoms with van der Waals surface area (Å²) in [5, 5.41) is 2.77. The molecular weight excluding hydrogens is 364 g/mol. The summed E-state index contributed by atoms with van der Waals surface area (Å²) >= 11 is 0. The molecule has 1 N–H and O–H groups in total. The number of hydrogen-bond donors (Lipinski definition) is 1. The van der Waals surface area contributed by atoms with E-state index >= 15 is 0 Å². The number of sulfone groups is 1. The number of likely N-dealkylation sites (tertiary alicyclic amines) is 1. The van der Waals surface area contributed by atoms with Crippen LogP contribution < -0.4 is 5.32 Å². The minimum atomic E-state index is -3.37. The fraction of sp³-hybridized carbons (Fsp3) is 0.300. The van der Waals surface area contributed by atoms with Crippen LogP contribution in [0.4, 0.5) is 0 Å². The summed E-state index contributed by atoms with van der Waals surface area (Å²) in [5.41, 5.74) is 1.71. The van der Waals surface area contributed by atoms with Gasteiger partial charge < -0.3 is 10.2 Å². The third-order valence-corrected chi connectivity index (χ3v) is 5.65. The molecular formula is C20H22N2O4S. The van der Waals surface area contributed by atoms with E-state index in [1.165, 1.54) is 12.1 Å². The second-order valence-electron chi connectivity index (χ2n) is 6.68. The maximum atomic E-state index is 12.5. The molecule has 3 rings (SSSR count). The van der Waals surface area contributed by atoms with Crippen LogP contribution in [0.3, 0.4) is 0 Å². The summed E-state index contributed by atoms with van der Waals surface area (Å²) in [4.78, 5) is 26.8. The predicted octanol–water partition coefficient (Wildman–Crippen LogP) is 2.26. The normalized spacial score (nSPS) is 14.2. The van der Waals surface area contributed by atoms with E-state index in [9.17, 15) is 18.0 Å². The van der Waals surface area contributed by atoms with E-state index in [-0.39, 0.29) is 28.8 Å². The summed E-state index contributed by atoms with van der Waals surface area (Å²) in [6.45, 7) is 1.83. The van der Waals surface area contributed by atoms with Gasteiger partial charge >= 0.3 is 0 Å². The van der Waals surface area contributed by atoms with Crippen LogP contribution in [0, 0.1) is 0 Å². The molecule has 1 aliphatic rings. The Morgan fingerprint density at radius 2 is 1.67 bits per heavy atom. The van der Waals surface area contributed by atoms with Gasteiger partial charge in [-0.2, -0.15) is 0 Å². The van der Waals surface area contributed by atoms with Gasteiger partial charge in [-0.1, -0.05) is 18.2 Å². The number of rotatable bonds is 5. The maximum Gasteiger partial charge on any atom is 0.253 e. The number of carbonyl (C=O) groups is 2.